The average molecular weight is 350 g/mol. The summed E-state index contributed by atoms with van der Waals surface area (Å²) in [5.74, 6) is 0. The maximum absolute atomic E-state index is 12.2. The molecular weight excluding hydrogens is 324 g/mol. The van der Waals surface area contributed by atoms with Gasteiger partial charge in [-0.3, -0.25) is 4.98 Å². The lowest BCUT2D eigenvalue weighted by atomic mass is 9.90. The van der Waals surface area contributed by atoms with Gasteiger partial charge in [-0.05, 0) is 67.5 Å². The first-order valence-corrected chi connectivity index (χ1v) is 9.26. The summed E-state index contributed by atoms with van der Waals surface area (Å²) in [5.41, 5.74) is 6.49. The van der Waals surface area contributed by atoms with Crippen LogP contribution in [0.25, 0.3) is 5.57 Å². The van der Waals surface area contributed by atoms with Crippen LogP contribution in [0.1, 0.15) is 37.0 Å². The quantitative estimate of drug-likeness (QED) is 0.797. The minimum atomic E-state index is -0.216. The van der Waals surface area contributed by atoms with Gasteiger partial charge in [-0.25, -0.2) is 4.79 Å². The van der Waals surface area contributed by atoms with Crippen LogP contribution in [0.15, 0.2) is 54.4 Å². The maximum Gasteiger partial charge on any atom is 0.410 e. The standard InChI is InChI=1S/C22H26N2O2/c1-3-26-22(25)24-15-12-17(2)21(16-24)20-7-5-4-6-19(20)9-8-18-10-13-23-14-11-18/h4-7,10-11,13-14H,3,8-9,12,15-16H2,1-2H3. The van der Waals surface area contributed by atoms with Crippen molar-refractivity contribution in [1.29, 1.82) is 0 Å². The van der Waals surface area contributed by atoms with Crippen molar-refractivity contribution < 1.29 is 9.53 Å². The average Bonchev–Trinajstić information content (AvgIpc) is 2.68. The largest absolute Gasteiger partial charge is 0.450 e. The van der Waals surface area contributed by atoms with Crippen molar-refractivity contribution in [3.8, 4) is 0 Å². The summed E-state index contributed by atoms with van der Waals surface area (Å²) >= 11 is 0. The van der Waals surface area contributed by atoms with Crippen LogP contribution in [0.2, 0.25) is 0 Å². The molecule has 1 aliphatic rings. The number of ether oxygens (including phenoxy) is 1. The van der Waals surface area contributed by atoms with Crippen LogP contribution in [-0.4, -0.2) is 35.7 Å². The summed E-state index contributed by atoms with van der Waals surface area (Å²) in [4.78, 5) is 18.0. The Morgan fingerprint density at radius 2 is 1.92 bits per heavy atom. The first-order valence-electron chi connectivity index (χ1n) is 9.26. The molecule has 0 unspecified atom stereocenters. The van der Waals surface area contributed by atoms with Gasteiger partial charge in [-0.2, -0.15) is 0 Å². The summed E-state index contributed by atoms with van der Waals surface area (Å²) in [6.07, 6.45) is 6.31. The zero-order valence-corrected chi connectivity index (χ0v) is 15.6. The molecule has 1 aliphatic heterocycles. The minimum Gasteiger partial charge on any atom is -0.450 e. The SMILES string of the molecule is CCOC(=O)N1CCC(C)=C(c2ccccc2CCc2ccncc2)C1. The van der Waals surface area contributed by atoms with E-state index in [9.17, 15) is 4.79 Å². The van der Waals surface area contributed by atoms with Crippen molar-refractivity contribution in [2.24, 2.45) is 0 Å². The van der Waals surface area contributed by atoms with Crippen molar-refractivity contribution in [2.45, 2.75) is 33.1 Å². The molecule has 0 radical (unpaired) electrons. The molecule has 1 aromatic carbocycles. The van der Waals surface area contributed by atoms with Gasteiger partial charge in [-0.1, -0.05) is 29.8 Å². The molecule has 26 heavy (non-hydrogen) atoms. The molecule has 0 bridgehead atoms. The summed E-state index contributed by atoms with van der Waals surface area (Å²) < 4.78 is 5.19. The van der Waals surface area contributed by atoms with E-state index < -0.39 is 0 Å². The lowest BCUT2D eigenvalue weighted by Crippen LogP contribution is -2.37. The normalized spacial score (nSPS) is 14.5. The van der Waals surface area contributed by atoms with Crippen LogP contribution in [0.3, 0.4) is 0 Å². The van der Waals surface area contributed by atoms with Crippen LogP contribution in [0, 0.1) is 0 Å². The molecule has 2 heterocycles. The molecule has 0 atom stereocenters. The number of hydrogen-bond donors (Lipinski definition) is 0. The molecule has 4 heteroatoms. The zero-order valence-electron chi connectivity index (χ0n) is 15.6. The van der Waals surface area contributed by atoms with Crippen molar-refractivity contribution in [3.63, 3.8) is 0 Å². The number of rotatable bonds is 5. The Morgan fingerprint density at radius 3 is 2.69 bits per heavy atom. The summed E-state index contributed by atoms with van der Waals surface area (Å²) in [6.45, 7) is 5.79. The molecule has 0 saturated heterocycles. The number of amides is 1. The Morgan fingerprint density at radius 1 is 1.15 bits per heavy atom. The molecule has 1 amide bonds. The van der Waals surface area contributed by atoms with Crippen LogP contribution in [0.5, 0.6) is 0 Å². The summed E-state index contributed by atoms with van der Waals surface area (Å²) in [6, 6.07) is 12.7. The lowest BCUT2D eigenvalue weighted by Gasteiger charge is -2.30. The van der Waals surface area contributed by atoms with Gasteiger partial charge in [0, 0.05) is 25.5 Å². The van der Waals surface area contributed by atoms with Crippen LogP contribution >= 0.6 is 0 Å². The Labute approximate surface area is 155 Å². The number of pyridine rings is 1. The minimum absolute atomic E-state index is 0.216. The van der Waals surface area contributed by atoms with E-state index in [1.165, 1.54) is 27.8 Å². The van der Waals surface area contributed by atoms with E-state index in [0.29, 0.717) is 13.2 Å². The van der Waals surface area contributed by atoms with E-state index in [4.69, 9.17) is 4.74 Å². The van der Waals surface area contributed by atoms with Gasteiger partial charge >= 0.3 is 6.09 Å². The van der Waals surface area contributed by atoms with Crippen molar-refractivity contribution in [3.05, 3.63) is 71.1 Å². The maximum atomic E-state index is 12.2. The van der Waals surface area contributed by atoms with Gasteiger partial charge in [0.25, 0.3) is 0 Å². The fourth-order valence-corrected chi connectivity index (χ4v) is 3.41. The molecule has 0 fully saturated rings. The van der Waals surface area contributed by atoms with E-state index in [-0.39, 0.29) is 6.09 Å². The van der Waals surface area contributed by atoms with Crippen LogP contribution < -0.4 is 0 Å². The highest BCUT2D eigenvalue weighted by Crippen LogP contribution is 2.29. The van der Waals surface area contributed by atoms with E-state index in [1.807, 2.05) is 24.2 Å². The van der Waals surface area contributed by atoms with E-state index in [2.05, 4.69) is 48.3 Å². The molecule has 2 aromatic rings. The predicted octanol–water partition coefficient (Wildman–Crippen LogP) is 4.50. The van der Waals surface area contributed by atoms with E-state index >= 15 is 0 Å². The Hall–Kier alpha value is -2.62. The number of carbonyl (C=O) groups excluding carboxylic acids is 1. The first-order chi connectivity index (χ1) is 12.7. The monoisotopic (exact) mass is 350 g/mol. The van der Waals surface area contributed by atoms with Crippen LogP contribution in [0.4, 0.5) is 4.79 Å². The number of hydrogen-bond acceptors (Lipinski definition) is 3. The Bertz CT molecular complexity index is 784. The summed E-state index contributed by atoms with van der Waals surface area (Å²) in [7, 11) is 0. The molecule has 0 saturated carbocycles. The highest BCUT2D eigenvalue weighted by molar-refractivity contribution is 5.78. The molecule has 0 N–H and O–H groups in total. The molecule has 0 spiro atoms. The highest BCUT2D eigenvalue weighted by atomic mass is 16.6. The predicted molar refractivity (Wildman–Crippen MR) is 104 cm³/mol. The third-order valence-electron chi connectivity index (χ3n) is 4.92. The first kappa shape index (κ1) is 18.2. The highest BCUT2D eigenvalue weighted by Gasteiger charge is 2.23. The van der Waals surface area contributed by atoms with Gasteiger partial charge in [0.15, 0.2) is 0 Å². The Kier molecular flexibility index (Phi) is 6.05. The van der Waals surface area contributed by atoms with Gasteiger partial charge < -0.3 is 9.64 Å². The molecule has 0 aliphatic carbocycles. The molecule has 4 nitrogen and oxygen atoms in total. The molecule has 1 aromatic heterocycles. The fraction of sp³-hybridized carbons (Fsp3) is 0.364. The van der Waals surface area contributed by atoms with Crippen molar-refractivity contribution in [1.82, 2.24) is 9.88 Å². The second-order valence-corrected chi connectivity index (χ2v) is 6.64. The topological polar surface area (TPSA) is 42.4 Å². The van der Waals surface area contributed by atoms with E-state index in [1.54, 1.807) is 0 Å². The van der Waals surface area contributed by atoms with Gasteiger partial charge in [-0.15, -0.1) is 0 Å². The number of aryl methyl sites for hydroxylation is 2. The third kappa shape index (κ3) is 4.31. The van der Waals surface area contributed by atoms with Crippen molar-refractivity contribution in [2.75, 3.05) is 19.7 Å². The van der Waals surface area contributed by atoms with Crippen LogP contribution in [-0.2, 0) is 17.6 Å². The molecular formula is C22H26N2O2. The number of nitrogens with zero attached hydrogens (tertiary/aromatic N) is 2. The number of benzene rings is 1. The van der Waals surface area contributed by atoms with Gasteiger partial charge in [0.1, 0.15) is 0 Å². The number of aromatic nitrogens is 1. The number of carbonyl (C=O) groups is 1. The van der Waals surface area contributed by atoms with Gasteiger partial charge in [0.05, 0.1) is 6.61 Å². The Balaban J connectivity index is 1.80. The zero-order chi connectivity index (χ0) is 18.4. The lowest BCUT2D eigenvalue weighted by molar-refractivity contribution is 0.111. The molecule has 136 valence electrons. The van der Waals surface area contributed by atoms with Crippen molar-refractivity contribution >= 4 is 11.7 Å². The smallest absolute Gasteiger partial charge is 0.410 e. The van der Waals surface area contributed by atoms with E-state index in [0.717, 1.165) is 25.8 Å². The third-order valence-corrected chi connectivity index (χ3v) is 4.92. The second kappa shape index (κ2) is 8.65. The summed E-state index contributed by atoms with van der Waals surface area (Å²) in [5, 5.41) is 0. The fourth-order valence-electron chi connectivity index (χ4n) is 3.41. The van der Waals surface area contributed by atoms with Gasteiger partial charge in [0.2, 0.25) is 0 Å². The molecule has 3 rings (SSSR count). The second-order valence-electron chi connectivity index (χ2n) is 6.64.